The van der Waals surface area contributed by atoms with Crippen LogP contribution in [-0.2, 0) is 16.0 Å². The molecule has 1 aromatic heterocycles. The van der Waals surface area contributed by atoms with Crippen LogP contribution in [0.15, 0.2) is 22.8 Å². The summed E-state index contributed by atoms with van der Waals surface area (Å²) in [5.41, 5.74) is 0. The maximum Gasteiger partial charge on any atom is 0.322 e. The second kappa shape index (κ2) is 6.23. The van der Waals surface area contributed by atoms with Gasteiger partial charge in [0.1, 0.15) is 11.8 Å². The number of nitrogens with one attached hydrogen (secondary N) is 3. The second-order valence-corrected chi connectivity index (χ2v) is 4.81. The Bertz CT molecular complexity index is 498. The molecule has 2 rings (SSSR count). The lowest BCUT2D eigenvalue weighted by molar-refractivity contribution is -0.126. The lowest BCUT2D eigenvalue weighted by Gasteiger charge is -2.14. The van der Waals surface area contributed by atoms with Gasteiger partial charge in [0.25, 0.3) is 5.91 Å². The third-order valence-corrected chi connectivity index (χ3v) is 3.06. The van der Waals surface area contributed by atoms with E-state index in [1.165, 1.54) is 0 Å². The molecule has 0 unspecified atom stereocenters. The summed E-state index contributed by atoms with van der Waals surface area (Å²) < 4.78 is 5.21. The number of carbonyl (C=O) groups is 3. The molecule has 0 bridgehead atoms. The van der Waals surface area contributed by atoms with Gasteiger partial charge in [-0.1, -0.05) is 0 Å². The van der Waals surface area contributed by atoms with Crippen molar-refractivity contribution in [2.45, 2.75) is 38.3 Å². The Hall–Kier alpha value is -2.31. The summed E-state index contributed by atoms with van der Waals surface area (Å²) in [6.45, 7) is 1.88. The van der Waals surface area contributed by atoms with E-state index in [0.29, 0.717) is 0 Å². The standard InChI is InChI=1S/C13H17N3O4/c1-8(4-5-9-3-2-6-20-9)14-11(17)7-10-12(18)16-13(19)15-10/h2-3,6,8,10H,4-5,7H2,1H3,(H,14,17)(H2,15,16,18,19)/t8-,10+/m1/s1. The number of amides is 4. The van der Waals surface area contributed by atoms with Crippen molar-refractivity contribution in [2.75, 3.05) is 0 Å². The molecule has 0 radical (unpaired) electrons. The monoisotopic (exact) mass is 279 g/mol. The normalized spacial score (nSPS) is 19.4. The van der Waals surface area contributed by atoms with Gasteiger partial charge >= 0.3 is 6.03 Å². The van der Waals surface area contributed by atoms with E-state index in [1.54, 1.807) is 6.26 Å². The molecule has 1 aliphatic heterocycles. The summed E-state index contributed by atoms with van der Waals surface area (Å²) in [5.74, 6) is 0.140. The molecule has 2 heterocycles. The first kappa shape index (κ1) is 14.1. The number of hydrogen-bond donors (Lipinski definition) is 3. The van der Waals surface area contributed by atoms with Crippen LogP contribution in [0.5, 0.6) is 0 Å². The van der Waals surface area contributed by atoms with Crippen LogP contribution in [0.3, 0.4) is 0 Å². The Morgan fingerprint density at radius 1 is 1.50 bits per heavy atom. The van der Waals surface area contributed by atoms with Crippen LogP contribution >= 0.6 is 0 Å². The minimum Gasteiger partial charge on any atom is -0.469 e. The lowest BCUT2D eigenvalue weighted by atomic mass is 10.1. The summed E-state index contributed by atoms with van der Waals surface area (Å²) in [4.78, 5) is 34.0. The van der Waals surface area contributed by atoms with Gasteiger partial charge in [0, 0.05) is 12.5 Å². The highest BCUT2D eigenvalue weighted by molar-refractivity contribution is 6.05. The number of carbonyl (C=O) groups excluding carboxylic acids is 3. The van der Waals surface area contributed by atoms with E-state index in [-0.39, 0.29) is 18.4 Å². The zero-order valence-corrected chi connectivity index (χ0v) is 11.1. The second-order valence-electron chi connectivity index (χ2n) is 4.81. The van der Waals surface area contributed by atoms with E-state index in [4.69, 9.17) is 4.42 Å². The van der Waals surface area contributed by atoms with Gasteiger partial charge in [-0.15, -0.1) is 0 Å². The SMILES string of the molecule is C[C@H](CCc1ccco1)NC(=O)C[C@@H]1NC(=O)NC1=O. The van der Waals surface area contributed by atoms with Gasteiger partial charge in [-0.3, -0.25) is 14.9 Å². The molecule has 7 nitrogen and oxygen atoms in total. The minimum atomic E-state index is -0.778. The quantitative estimate of drug-likeness (QED) is 0.653. The number of furan rings is 1. The van der Waals surface area contributed by atoms with Gasteiger partial charge in [0.05, 0.1) is 12.7 Å². The molecule has 7 heteroatoms. The number of rotatable bonds is 6. The maximum atomic E-state index is 11.8. The first-order valence-corrected chi connectivity index (χ1v) is 6.47. The topological polar surface area (TPSA) is 100 Å². The molecule has 1 aliphatic rings. The van der Waals surface area contributed by atoms with Crippen LogP contribution in [0.4, 0.5) is 4.79 Å². The van der Waals surface area contributed by atoms with Crippen molar-refractivity contribution in [3.63, 3.8) is 0 Å². The largest absolute Gasteiger partial charge is 0.469 e. The predicted molar refractivity (Wildman–Crippen MR) is 69.7 cm³/mol. The zero-order chi connectivity index (χ0) is 14.5. The minimum absolute atomic E-state index is 0.0345. The maximum absolute atomic E-state index is 11.8. The van der Waals surface area contributed by atoms with Crippen molar-refractivity contribution in [1.82, 2.24) is 16.0 Å². The molecule has 2 atom stereocenters. The van der Waals surface area contributed by atoms with Gasteiger partial charge in [-0.05, 0) is 25.5 Å². The van der Waals surface area contributed by atoms with Crippen LogP contribution in [0.2, 0.25) is 0 Å². The van der Waals surface area contributed by atoms with Gasteiger partial charge in [-0.2, -0.15) is 0 Å². The summed E-state index contributed by atoms with van der Waals surface area (Å²) >= 11 is 0. The Morgan fingerprint density at radius 3 is 2.90 bits per heavy atom. The van der Waals surface area contributed by atoms with E-state index < -0.39 is 18.0 Å². The van der Waals surface area contributed by atoms with Crippen LogP contribution in [0.25, 0.3) is 0 Å². The first-order chi connectivity index (χ1) is 9.54. The van der Waals surface area contributed by atoms with Crippen molar-refractivity contribution < 1.29 is 18.8 Å². The highest BCUT2D eigenvalue weighted by Gasteiger charge is 2.31. The molecule has 1 aromatic rings. The highest BCUT2D eigenvalue weighted by atomic mass is 16.3. The summed E-state index contributed by atoms with van der Waals surface area (Å²) in [5, 5.41) is 7.27. The van der Waals surface area contributed by atoms with E-state index >= 15 is 0 Å². The van der Waals surface area contributed by atoms with E-state index in [0.717, 1.165) is 18.6 Å². The van der Waals surface area contributed by atoms with Gasteiger partial charge in [0.2, 0.25) is 5.91 Å². The van der Waals surface area contributed by atoms with E-state index in [1.807, 2.05) is 19.1 Å². The number of hydrogen-bond acceptors (Lipinski definition) is 4. The molecule has 0 spiro atoms. The van der Waals surface area contributed by atoms with Crippen molar-refractivity contribution >= 4 is 17.8 Å². The smallest absolute Gasteiger partial charge is 0.322 e. The Labute approximate surface area is 116 Å². The number of imide groups is 1. The molecule has 108 valence electrons. The third kappa shape index (κ3) is 3.84. The van der Waals surface area contributed by atoms with Gasteiger partial charge < -0.3 is 15.1 Å². The molecule has 1 fully saturated rings. The summed E-state index contributed by atoms with van der Waals surface area (Å²) in [7, 11) is 0. The molecule has 1 saturated heterocycles. The molecule has 0 aromatic carbocycles. The fourth-order valence-corrected chi connectivity index (χ4v) is 2.01. The molecule has 0 saturated carbocycles. The molecule has 4 amide bonds. The highest BCUT2D eigenvalue weighted by Crippen LogP contribution is 2.06. The molecule has 3 N–H and O–H groups in total. The lowest BCUT2D eigenvalue weighted by Crippen LogP contribution is -2.39. The van der Waals surface area contributed by atoms with Crippen molar-refractivity contribution in [3.8, 4) is 0 Å². The predicted octanol–water partition coefficient (Wildman–Crippen LogP) is 0.315. The summed E-state index contributed by atoms with van der Waals surface area (Å²) in [6.07, 6.45) is 3.03. The molecule has 20 heavy (non-hydrogen) atoms. The number of urea groups is 1. The molecule has 0 aliphatic carbocycles. The summed E-state index contributed by atoms with van der Waals surface area (Å²) in [6, 6.07) is 2.33. The Balaban J connectivity index is 1.71. The van der Waals surface area contributed by atoms with Crippen molar-refractivity contribution in [2.24, 2.45) is 0 Å². The van der Waals surface area contributed by atoms with Crippen LogP contribution in [0.1, 0.15) is 25.5 Å². The van der Waals surface area contributed by atoms with Gasteiger partial charge in [-0.25, -0.2) is 4.79 Å². The Morgan fingerprint density at radius 2 is 2.30 bits per heavy atom. The number of aryl methyl sites for hydroxylation is 1. The average Bonchev–Trinajstić information content (AvgIpc) is 2.97. The van der Waals surface area contributed by atoms with Crippen LogP contribution in [0, 0.1) is 0 Å². The molecular formula is C13H17N3O4. The van der Waals surface area contributed by atoms with Crippen LogP contribution in [-0.4, -0.2) is 29.9 Å². The Kier molecular flexibility index (Phi) is 4.39. The van der Waals surface area contributed by atoms with Gasteiger partial charge in [0.15, 0.2) is 0 Å². The zero-order valence-electron chi connectivity index (χ0n) is 11.1. The average molecular weight is 279 g/mol. The molecular weight excluding hydrogens is 262 g/mol. The van der Waals surface area contributed by atoms with Crippen molar-refractivity contribution in [1.29, 1.82) is 0 Å². The fraction of sp³-hybridized carbons (Fsp3) is 0.462. The van der Waals surface area contributed by atoms with Crippen molar-refractivity contribution in [3.05, 3.63) is 24.2 Å². The first-order valence-electron chi connectivity index (χ1n) is 6.47. The van der Waals surface area contributed by atoms with E-state index in [2.05, 4.69) is 16.0 Å². The fourth-order valence-electron chi connectivity index (χ4n) is 2.01. The van der Waals surface area contributed by atoms with E-state index in [9.17, 15) is 14.4 Å². The van der Waals surface area contributed by atoms with Crippen LogP contribution < -0.4 is 16.0 Å². The third-order valence-electron chi connectivity index (χ3n) is 3.06.